The number of hydrogen-bond donors (Lipinski definition) is 0. The van der Waals surface area contributed by atoms with Crippen molar-refractivity contribution >= 4 is 20.9 Å². The predicted octanol–water partition coefficient (Wildman–Crippen LogP) is 2.37. The van der Waals surface area contributed by atoms with Gasteiger partial charge in [-0.1, -0.05) is 0 Å². The van der Waals surface area contributed by atoms with Gasteiger partial charge in [-0.3, -0.25) is 4.79 Å². The normalized spacial score (nSPS) is 10.2. The molecule has 1 aromatic carbocycles. The molecule has 13 heavy (non-hydrogen) atoms. The molecule has 5 heteroatoms. The van der Waals surface area contributed by atoms with E-state index in [2.05, 4.69) is 4.37 Å². The highest BCUT2D eigenvalue weighted by Gasteiger charge is 2.05. The van der Waals surface area contributed by atoms with E-state index in [0.717, 1.165) is 20.9 Å². The van der Waals surface area contributed by atoms with Crippen LogP contribution in [0, 0.1) is 5.82 Å². The standard InChI is InChI=1S/C8H4FNOS2/c9-6-3-1-5(2-4-6)7-8(11)12-13-10-7/h1-4H. The second-order valence-corrected chi connectivity index (χ2v) is 4.21. The van der Waals surface area contributed by atoms with Crippen LogP contribution < -0.4 is 4.74 Å². The van der Waals surface area contributed by atoms with Gasteiger partial charge >= 0.3 is 0 Å². The molecule has 0 aliphatic heterocycles. The van der Waals surface area contributed by atoms with E-state index in [1.54, 1.807) is 12.1 Å². The minimum Gasteiger partial charge on any atom is -0.274 e. The molecule has 0 bridgehead atoms. The summed E-state index contributed by atoms with van der Waals surface area (Å²) in [7, 11) is 2.24. The molecule has 0 N–H and O–H groups in total. The van der Waals surface area contributed by atoms with Gasteiger partial charge in [-0.2, -0.15) is 4.37 Å². The molecule has 0 aliphatic carbocycles. The molecule has 0 unspecified atom stereocenters. The van der Waals surface area contributed by atoms with E-state index in [4.69, 9.17) is 0 Å². The quantitative estimate of drug-likeness (QED) is 0.681. The molecule has 1 aromatic heterocycles. The Morgan fingerprint density at radius 3 is 2.46 bits per heavy atom. The minimum absolute atomic E-state index is 0.0726. The zero-order valence-electron chi connectivity index (χ0n) is 6.36. The van der Waals surface area contributed by atoms with Crippen LogP contribution in [0.15, 0.2) is 29.1 Å². The van der Waals surface area contributed by atoms with Crippen LogP contribution in [-0.4, -0.2) is 4.37 Å². The Balaban J connectivity index is 2.54. The van der Waals surface area contributed by atoms with Crippen molar-refractivity contribution in [3.63, 3.8) is 0 Å². The monoisotopic (exact) mass is 213 g/mol. The van der Waals surface area contributed by atoms with Gasteiger partial charge in [0.15, 0.2) is 0 Å². The van der Waals surface area contributed by atoms with E-state index in [9.17, 15) is 9.18 Å². The van der Waals surface area contributed by atoms with Gasteiger partial charge in [0.1, 0.15) is 11.5 Å². The number of benzene rings is 1. The van der Waals surface area contributed by atoms with Crippen molar-refractivity contribution in [2.45, 2.75) is 0 Å². The second kappa shape index (κ2) is 3.35. The highest BCUT2D eigenvalue weighted by atomic mass is 32.9. The number of halogens is 1. The Morgan fingerprint density at radius 2 is 1.92 bits per heavy atom. The Bertz CT molecular complexity index is 459. The van der Waals surface area contributed by atoms with E-state index in [1.165, 1.54) is 12.1 Å². The van der Waals surface area contributed by atoms with Crippen LogP contribution in [0.3, 0.4) is 0 Å². The van der Waals surface area contributed by atoms with Crippen molar-refractivity contribution < 1.29 is 4.39 Å². The number of rotatable bonds is 1. The summed E-state index contributed by atoms with van der Waals surface area (Å²) in [4.78, 5) is 11.2. The lowest BCUT2D eigenvalue weighted by molar-refractivity contribution is 0.628. The third-order valence-electron chi connectivity index (χ3n) is 1.55. The maximum atomic E-state index is 12.5. The fourth-order valence-electron chi connectivity index (χ4n) is 0.945. The first-order valence-electron chi connectivity index (χ1n) is 3.49. The molecule has 0 saturated carbocycles. The minimum atomic E-state index is -0.310. The Labute approximate surface area is 80.8 Å². The fraction of sp³-hybridized carbons (Fsp3) is 0. The zero-order chi connectivity index (χ0) is 9.26. The van der Waals surface area contributed by atoms with Crippen LogP contribution >= 0.6 is 20.9 Å². The molecular formula is C8H4FNOS2. The summed E-state index contributed by atoms with van der Waals surface area (Å²) in [5.41, 5.74) is 1.08. The zero-order valence-corrected chi connectivity index (χ0v) is 7.99. The molecule has 0 atom stereocenters. The number of nitrogens with zero attached hydrogens (tertiary/aromatic N) is 1. The molecule has 2 nitrogen and oxygen atoms in total. The van der Waals surface area contributed by atoms with Gasteiger partial charge in [0.2, 0.25) is 0 Å². The first-order chi connectivity index (χ1) is 6.27. The molecule has 66 valence electrons. The summed E-state index contributed by atoms with van der Waals surface area (Å²) in [6.07, 6.45) is 0. The van der Waals surface area contributed by atoms with E-state index >= 15 is 0 Å². The topological polar surface area (TPSA) is 30.0 Å². The van der Waals surface area contributed by atoms with Gasteiger partial charge in [-0.05, 0) is 34.6 Å². The molecule has 0 amide bonds. The average Bonchev–Trinajstić information content (AvgIpc) is 2.53. The fourth-order valence-corrected chi connectivity index (χ4v) is 2.39. The van der Waals surface area contributed by atoms with Crippen LogP contribution in [0.4, 0.5) is 4.39 Å². The summed E-state index contributed by atoms with van der Waals surface area (Å²) in [6.45, 7) is 0. The second-order valence-electron chi connectivity index (χ2n) is 2.39. The third kappa shape index (κ3) is 1.66. The molecule has 0 spiro atoms. The molecule has 0 radical (unpaired) electrons. The molecule has 1 heterocycles. The van der Waals surface area contributed by atoms with Crippen molar-refractivity contribution in [2.75, 3.05) is 0 Å². The van der Waals surface area contributed by atoms with Crippen LogP contribution in [-0.2, 0) is 0 Å². The third-order valence-corrected chi connectivity index (χ3v) is 3.13. The van der Waals surface area contributed by atoms with Crippen molar-refractivity contribution in [1.82, 2.24) is 4.37 Å². The van der Waals surface area contributed by atoms with E-state index in [0.29, 0.717) is 11.3 Å². The SMILES string of the molecule is O=c1ssnc1-c1ccc(F)cc1. The first kappa shape index (κ1) is 8.52. The molecule has 0 saturated heterocycles. The summed E-state index contributed by atoms with van der Waals surface area (Å²) in [5.74, 6) is -0.310. The molecule has 2 rings (SSSR count). The van der Waals surface area contributed by atoms with Gasteiger partial charge in [0.25, 0.3) is 4.74 Å². The number of hydrogen-bond acceptors (Lipinski definition) is 4. The lowest BCUT2D eigenvalue weighted by atomic mass is 10.2. The van der Waals surface area contributed by atoms with Crippen LogP contribution in [0.25, 0.3) is 11.3 Å². The maximum Gasteiger partial charge on any atom is 0.270 e. The van der Waals surface area contributed by atoms with E-state index in [-0.39, 0.29) is 10.6 Å². The van der Waals surface area contributed by atoms with Crippen LogP contribution in [0.1, 0.15) is 0 Å². The molecule has 0 aliphatic rings. The summed E-state index contributed by atoms with van der Waals surface area (Å²) < 4.78 is 16.4. The van der Waals surface area contributed by atoms with Crippen LogP contribution in [0.5, 0.6) is 0 Å². The van der Waals surface area contributed by atoms with Gasteiger partial charge in [-0.25, -0.2) is 4.39 Å². The first-order valence-corrected chi connectivity index (χ1v) is 5.60. The highest BCUT2D eigenvalue weighted by molar-refractivity contribution is 7.66. The lowest BCUT2D eigenvalue weighted by Crippen LogP contribution is -1.94. The van der Waals surface area contributed by atoms with E-state index < -0.39 is 0 Å². The average molecular weight is 213 g/mol. The van der Waals surface area contributed by atoms with Gasteiger partial charge in [0.05, 0.1) is 0 Å². The largest absolute Gasteiger partial charge is 0.274 e. The molecular weight excluding hydrogens is 209 g/mol. The Morgan fingerprint density at radius 1 is 1.23 bits per heavy atom. The van der Waals surface area contributed by atoms with E-state index in [1.807, 2.05) is 0 Å². The highest BCUT2D eigenvalue weighted by Crippen LogP contribution is 2.16. The summed E-state index contributed by atoms with van der Waals surface area (Å²) in [6, 6.07) is 5.74. The summed E-state index contributed by atoms with van der Waals surface area (Å²) >= 11 is 0. The molecule has 2 aromatic rings. The van der Waals surface area contributed by atoms with Crippen molar-refractivity contribution in [2.24, 2.45) is 0 Å². The molecule has 0 fully saturated rings. The van der Waals surface area contributed by atoms with Crippen molar-refractivity contribution in [1.29, 1.82) is 0 Å². The van der Waals surface area contributed by atoms with Crippen molar-refractivity contribution in [3.8, 4) is 11.3 Å². The summed E-state index contributed by atoms with van der Waals surface area (Å²) in [5, 5.41) is 0. The van der Waals surface area contributed by atoms with Gasteiger partial charge in [0, 0.05) is 16.1 Å². The Kier molecular flexibility index (Phi) is 2.20. The predicted molar refractivity (Wildman–Crippen MR) is 51.7 cm³/mol. The smallest absolute Gasteiger partial charge is 0.270 e. The maximum absolute atomic E-state index is 12.5. The number of aromatic nitrogens is 1. The van der Waals surface area contributed by atoms with Crippen molar-refractivity contribution in [3.05, 3.63) is 39.6 Å². The van der Waals surface area contributed by atoms with Gasteiger partial charge in [-0.15, -0.1) is 0 Å². The Hall–Kier alpha value is -1.07. The van der Waals surface area contributed by atoms with Gasteiger partial charge < -0.3 is 0 Å². The van der Waals surface area contributed by atoms with Crippen LogP contribution in [0.2, 0.25) is 0 Å². The lowest BCUT2D eigenvalue weighted by Gasteiger charge is -1.92.